The minimum atomic E-state index is -0.266. The summed E-state index contributed by atoms with van der Waals surface area (Å²) in [7, 11) is 0. The van der Waals surface area contributed by atoms with Gasteiger partial charge in [-0.05, 0) is 29.3 Å². The van der Waals surface area contributed by atoms with Crippen LogP contribution in [0.5, 0.6) is 0 Å². The molecule has 0 atom stereocenters. The maximum atomic E-state index is 11.5. The molecule has 5 heteroatoms. The molecule has 1 heterocycles. The zero-order valence-corrected chi connectivity index (χ0v) is 9.01. The van der Waals surface area contributed by atoms with Gasteiger partial charge in [0.2, 0.25) is 5.28 Å². The van der Waals surface area contributed by atoms with Gasteiger partial charge in [0.15, 0.2) is 0 Å². The third-order valence-electron chi connectivity index (χ3n) is 1.92. The van der Waals surface area contributed by atoms with Crippen LogP contribution in [0.1, 0.15) is 0 Å². The highest BCUT2D eigenvalue weighted by Gasteiger charge is 2.03. The van der Waals surface area contributed by atoms with Crippen LogP contribution in [0.25, 0.3) is 11.1 Å². The molecule has 0 fully saturated rings. The van der Waals surface area contributed by atoms with Gasteiger partial charge in [0.1, 0.15) is 0 Å². The topological polar surface area (TPSA) is 45.8 Å². The first-order chi connectivity index (χ1) is 7.16. The largest absolute Gasteiger partial charge is 0.297 e. The molecule has 1 N–H and O–H groups in total. The van der Waals surface area contributed by atoms with Crippen molar-refractivity contribution in [1.82, 2.24) is 9.97 Å². The molecule has 76 valence electrons. The molecule has 0 bridgehead atoms. The van der Waals surface area contributed by atoms with E-state index in [4.69, 9.17) is 23.2 Å². The Kier molecular flexibility index (Phi) is 2.75. The quantitative estimate of drug-likeness (QED) is 0.780. The molecule has 2 aromatic rings. The Morgan fingerprint density at radius 2 is 1.80 bits per heavy atom. The highest BCUT2D eigenvalue weighted by molar-refractivity contribution is 6.30. The van der Waals surface area contributed by atoms with Gasteiger partial charge in [0.05, 0.1) is 5.56 Å². The van der Waals surface area contributed by atoms with Gasteiger partial charge in [0.25, 0.3) is 5.56 Å². The lowest BCUT2D eigenvalue weighted by Gasteiger charge is -1.99. The fraction of sp³-hybridized carbons (Fsp3) is 0. The number of aromatic nitrogens is 2. The van der Waals surface area contributed by atoms with E-state index in [0.717, 1.165) is 5.56 Å². The molecule has 0 amide bonds. The average Bonchev–Trinajstić information content (AvgIpc) is 2.20. The number of benzene rings is 1. The Morgan fingerprint density at radius 3 is 2.40 bits per heavy atom. The molecule has 2 rings (SSSR count). The monoisotopic (exact) mass is 240 g/mol. The fourth-order valence-electron chi connectivity index (χ4n) is 1.21. The number of halogens is 2. The predicted octanol–water partition coefficient (Wildman–Crippen LogP) is 2.74. The van der Waals surface area contributed by atoms with Crippen molar-refractivity contribution in [2.75, 3.05) is 0 Å². The number of H-pyrrole nitrogens is 1. The summed E-state index contributed by atoms with van der Waals surface area (Å²) in [5.74, 6) is 0. The van der Waals surface area contributed by atoms with E-state index in [1.165, 1.54) is 6.20 Å². The van der Waals surface area contributed by atoms with Gasteiger partial charge < -0.3 is 0 Å². The third-order valence-corrected chi connectivity index (χ3v) is 2.37. The van der Waals surface area contributed by atoms with Gasteiger partial charge in [-0.3, -0.25) is 9.78 Å². The number of aromatic amines is 1. The van der Waals surface area contributed by atoms with Crippen LogP contribution in [-0.4, -0.2) is 9.97 Å². The van der Waals surface area contributed by atoms with Crippen molar-refractivity contribution in [2.45, 2.75) is 0 Å². The zero-order valence-electron chi connectivity index (χ0n) is 7.50. The smallest absolute Gasteiger partial charge is 0.259 e. The standard InChI is InChI=1S/C10H6Cl2N2O/c11-7-3-1-6(2-4-7)8-5-13-10(12)14-9(8)15/h1-5H,(H,13,14,15). The van der Waals surface area contributed by atoms with E-state index < -0.39 is 0 Å². The minimum Gasteiger partial charge on any atom is -0.297 e. The van der Waals surface area contributed by atoms with E-state index in [0.29, 0.717) is 10.6 Å². The first-order valence-corrected chi connectivity index (χ1v) is 4.93. The molecule has 0 radical (unpaired) electrons. The summed E-state index contributed by atoms with van der Waals surface area (Å²) < 4.78 is 0. The molecule has 0 saturated heterocycles. The average molecular weight is 241 g/mol. The first-order valence-electron chi connectivity index (χ1n) is 4.17. The van der Waals surface area contributed by atoms with Gasteiger partial charge in [-0.1, -0.05) is 23.7 Å². The molecule has 1 aromatic carbocycles. The second kappa shape index (κ2) is 4.04. The van der Waals surface area contributed by atoms with Crippen molar-refractivity contribution in [3.63, 3.8) is 0 Å². The lowest BCUT2D eigenvalue weighted by atomic mass is 10.1. The summed E-state index contributed by atoms with van der Waals surface area (Å²) in [6, 6.07) is 6.93. The van der Waals surface area contributed by atoms with Crippen molar-refractivity contribution in [3.05, 3.63) is 51.1 Å². The summed E-state index contributed by atoms with van der Waals surface area (Å²) in [4.78, 5) is 17.7. The van der Waals surface area contributed by atoms with Gasteiger partial charge in [-0.25, -0.2) is 4.98 Å². The van der Waals surface area contributed by atoms with E-state index in [2.05, 4.69) is 9.97 Å². The summed E-state index contributed by atoms with van der Waals surface area (Å²) in [5, 5.41) is 0.704. The fourth-order valence-corrected chi connectivity index (χ4v) is 1.47. The molecule has 0 aliphatic heterocycles. The van der Waals surface area contributed by atoms with Crippen molar-refractivity contribution in [2.24, 2.45) is 0 Å². The Bertz CT molecular complexity index is 534. The lowest BCUT2D eigenvalue weighted by Crippen LogP contribution is -2.09. The number of rotatable bonds is 1. The molecule has 0 aliphatic rings. The summed E-state index contributed by atoms with van der Waals surface area (Å²) in [5.41, 5.74) is 0.957. The molecular weight excluding hydrogens is 235 g/mol. The molecule has 3 nitrogen and oxygen atoms in total. The highest BCUT2D eigenvalue weighted by Crippen LogP contribution is 2.17. The predicted molar refractivity (Wildman–Crippen MR) is 60.3 cm³/mol. The molecule has 0 aliphatic carbocycles. The van der Waals surface area contributed by atoms with E-state index in [-0.39, 0.29) is 10.8 Å². The van der Waals surface area contributed by atoms with E-state index >= 15 is 0 Å². The number of hydrogen-bond donors (Lipinski definition) is 1. The van der Waals surface area contributed by atoms with Crippen molar-refractivity contribution in [1.29, 1.82) is 0 Å². The number of nitrogens with zero attached hydrogens (tertiary/aromatic N) is 1. The molecule has 15 heavy (non-hydrogen) atoms. The Hall–Kier alpha value is -1.32. The van der Waals surface area contributed by atoms with Crippen LogP contribution in [0, 0.1) is 0 Å². The van der Waals surface area contributed by atoms with E-state index in [1.807, 2.05) is 0 Å². The van der Waals surface area contributed by atoms with Gasteiger partial charge in [-0.15, -0.1) is 0 Å². The maximum Gasteiger partial charge on any atom is 0.259 e. The van der Waals surface area contributed by atoms with Crippen molar-refractivity contribution >= 4 is 23.2 Å². The zero-order chi connectivity index (χ0) is 10.8. The molecule has 1 aromatic heterocycles. The van der Waals surface area contributed by atoms with Gasteiger partial charge in [-0.2, -0.15) is 0 Å². The first kappa shape index (κ1) is 10.2. The molecule has 0 spiro atoms. The van der Waals surface area contributed by atoms with Crippen LogP contribution >= 0.6 is 23.2 Å². The van der Waals surface area contributed by atoms with Crippen molar-refractivity contribution < 1.29 is 0 Å². The second-order valence-electron chi connectivity index (χ2n) is 2.92. The minimum absolute atomic E-state index is 0.0812. The van der Waals surface area contributed by atoms with Crippen LogP contribution in [0.4, 0.5) is 0 Å². The van der Waals surface area contributed by atoms with Crippen LogP contribution in [0.15, 0.2) is 35.3 Å². The number of nitrogens with one attached hydrogen (secondary N) is 1. The summed E-state index contributed by atoms with van der Waals surface area (Å²) in [6.07, 6.45) is 1.43. The Balaban J connectivity index is 2.55. The Morgan fingerprint density at radius 1 is 1.13 bits per heavy atom. The maximum absolute atomic E-state index is 11.5. The lowest BCUT2D eigenvalue weighted by molar-refractivity contribution is 1.12. The van der Waals surface area contributed by atoms with E-state index in [1.54, 1.807) is 24.3 Å². The number of hydrogen-bond acceptors (Lipinski definition) is 2. The molecular formula is C10H6Cl2N2O. The SMILES string of the molecule is O=c1[nH]c(Cl)ncc1-c1ccc(Cl)cc1. The van der Waals surface area contributed by atoms with Crippen LogP contribution < -0.4 is 5.56 Å². The van der Waals surface area contributed by atoms with Crippen LogP contribution in [0.3, 0.4) is 0 Å². The normalized spacial score (nSPS) is 10.3. The molecule has 0 saturated carbocycles. The van der Waals surface area contributed by atoms with Crippen molar-refractivity contribution in [3.8, 4) is 11.1 Å². The summed E-state index contributed by atoms with van der Waals surface area (Å²) in [6.45, 7) is 0. The molecule has 0 unspecified atom stereocenters. The van der Waals surface area contributed by atoms with Gasteiger partial charge >= 0.3 is 0 Å². The van der Waals surface area contributed by atoms with Gasteiger partial charge in [0, 0.05) is 11.2 Å². The third kappa shape index (κ3) is 2.19. The second-order valence-corrected chi connectivity index (χ2v) is 3.72. The van der Waals surface area contributed by atoms with Crippen LogP contribution in [-0.2, 0) is 0 Å². The summed E-state index contributed by atoms with van der Waals surface area (Å²) >= 11 is 11.3. The van der Waals surface area contributed by atoms with Crippen LogP contribution in [0.2, 0.25) is 10.3 Å². The van der Waals surface area contributed by atoms with E-state index in [9.17, 15) is 4.79 Å². The Labute approximate surface area is 95.7 Å². The highest BCUT2D eigenvalue weighted by atomic mass is 35.5.